The lowest BCUT2D eigenvalue weighted by Gasteiger charge is -2.13. The average Bonchev–Trinajstić information content (AvgIpc) is 2.88. The number of aliphatic hydroxyl groups is 1. The lowest BCUT2D eigenvalue weighted by atomic mass is 10.1. The first-order valence-corrected chi connectivity index (χ1v) is 11.7. The number of nitrogens with zero attached hydrogens (tertiary/aromatic N) is 1. The van der Waals surface area contributed by atoms with Crippen molar-refractivity contribution in [1.29, 1.82) is 0 Å². The molecule has 180 valence electrons. The van der Waals surface area contributed by atoms with Crippen molar-refractivity contribution in [3.8, 4) is 16.9 Å². The van der Waals surface area contributed by atoms with Crippen LogP contribution in [-0.4, -0.2) is 34.0 Å². The summed E-state index contributed by atoms with van der Waals surface area (Å²) in [5.41, 5.74) is 5.66. The van der Waals surface area contributed by atoms with Gasteiger partial charge in [-0.1, -0.05) is 61.4 Å². The van der Waals surface area contributed by atoms with Crippen molar-refractivity contribution in [3.05, 3.63) is 84.2 Å². The Balaban J connectivity index is 1.37. The first kappa shape index (κ1) is 25.4. The van der Waals surface area contributed by atoms with E-state index in [4.69, 9.17) is 9.94 Å². The monoisotopic (exact) mass is 463 g/mol. The SMILES string of the molecule is O=C(CCCCCCOc1ccc(-c2ccc(CC(O)NCc3ccccc3)nc2)cc1)NO. The van der Waals surface area contributed by atoms with Gasteiger partial charge in [-0.2, -0.15) is 0 Å². The Labute approximate surface area is 200 Å². The number of carbonyl (C=O) groups is 1. The Bertz CT molecular complexity index is 979. The predicted octanol–water partition coefficient (Wildman–Crippen LogP) is 4.23. The van der Waals surface area contributed by atoms with Gasteiger partial charge >= 0.3 is 0 Å². The van der Waals surface area contributed by atoms with Gasteiger partial charge in [0.2, 0.25) is 5.91 Å². The Hall–Kier alpha value is -3.26. The first-order chi connectivity index (χ1) is 16.6. The Morgan fingerprint density at radius 1 is 0.912 bits per heavy atom. The molecule has 7 nitrogen and oxygen atoms in total. The smallest absolute Gasteiger partial charge is 0.243 e. The van der Waals surface area contributed by atoms with Crippen LogP contribution in [0.3, 0.4) is 0 Å². The number of benzene rings is 2. The molecule has 0 bridgehead atoms. The topological polar surface area (TPSA) is 104 Å². The third-order valence-corrected chi connectivity index (χ3v) is 5.49. The minimum Gasteiger partial charge on any atom is -0.494 e. The van der Waals surface area contributed by atoms with E-state index in [-0.39, 0.29) is 5.91 Å². The molecule has 1 heterocycles. The Morgan fingerprint density at radius 2 is 1.65 bits per heavy atom. The van der Waals surface area contributed by atoms with Crippen molar-refractivity contribution in [1.82, 2.24) is 15.8 Å². The van der Waals surface area contributed by atoms with E-state index in [0.29, 0.717) is 26.0 Å². The summed E-state index contributed by atoms with van der Waals surface area (Å²) in [6, 6.07) is 21.9. The van der Waals surface area contributed by atoms with E-state index in [1.807, 2.05) is 72.9 Å². The number of ether oxygens (including phenoxy) is 1. The van der Waals surface area contributed by atoms with Crippen LogP contribution in [0.4, 0.5) is 0 Å². The van der Waals surface area contributed by atoms with Gasteiger partial charge in [0.15, 0.2) is 0 Å². The number of unbranched alkanes of at least 4 members (excludes halogenated alkanes) is 3. The summed E-state index contributed by atoms with van der Waals surface area (Å²) in [6.07, 6.45) is 5.54. The zero-order valence-electron chi connectivity index (χ0n) is 19.3. The van der Waals surface area contributed by atoms with Gasteiger partial charge in [-0.15, -0.1) is 0 Å². The molecule has 3 rings (SSSR count). The molecule has 1 aromatic heterocycles. The van der Waals surface area contributed by atoms with Crippen molar-refractivity contribution in [3.63, 3.8) is 0 Å². The second-order valence-corrected chi connectivity index (χ2v) is 8.20. The van der Waals surface area contributed by atoms with Crippen molar-refractivity contribution >= 4 is 5.91 Å². The number of hydrogen-bond acceptors (Lipinski definition) is 6. The summed E-state index contributed by atoms with van der Waals surface area (Å²) < 4.78 is 5.79. The zero-order chi connectivity index (χ0) is 24.0. The molecular weight excluding hydrogens is 430 g/mol. The molecule has 34 heavy (non-hydrogen) atoms. The average molecular weight is 464 g/mol. The molecular formula is C27H33N3O4. The van der Waals surface area contributed by atoms with Crippen LogP contribution in [-0.2, 0) is 17.8 Å². The van der Waals surface area contributed by atoms with Crippen LogP contribution in [0.25, 0.3) is 11.1 Å². The highest BCUT2D eigenvalue weighted by Gasteiger charge is 2.07. The van der Waals surface area contributed by atoms with Crippen molar-refractivity contribution in [2.75, 3.05) is 6.61 Å². The maximum absolute atomic E-state index is 10.9. The zero-order valence-corrected chi connectivity index (χ0v) is 19.3. The molecule has 2 aromatic carbocycles. The third-order valence-electron chi connectivity index (χ3n) is 5.49. The Morgan fingerprint density at radius 3 is 2.35 bits per heavy atom. The van der Waals surface area contributed by atoms with Gasteiger partial charge in [0.25, 0.3) is 0 Å². The third kappa shape index (κ3) is 8.94. The molecule has 0 saturated carbocycles. The molecule has 0 saturated heterocycles. The maximum atomic E-state index is 10.9. The quantitative estimate of drug-likeness (QED) is 0.123. The van der Waals surface area contributed by atoms with Gasteiger partial charge in [-0.05, 0) is 42.2 Å². The fourth-order valence-corrected chi connectivity index (χ4v) is 3.55. The summed E-state index contributed by atoms with van der Waals surface area (Å²) in [5, 5.41) is 21.8. The maximum Gasteiger partial charge on any atom is 0.243 e. The summed E-state index contributed by atoms with van der Waals surface area (Å²) in [7, 11) is 0. The van der Waals surface area contributed by atoms with E-state index in [0.717, 1.165) is 53.8 Å². The molecule has 0 aliphatic heterocycles. The standard InChI is InChI=1S/C27H33N3O4/c31-26(30-33)10-6-1-2-7-17-34-25-15-12-22(13-16-25)23-11-14-24(28-20-23)18-27(32)29-19-21-8-4-3-5-9-21/h3-5,8-9,11-16,20,27,29,32-33H,1-2,6-7,10,17-19H2,(H,30,31). The van der Waals surface area contributed by atoms with Crippen LogP contribution in [0.1, 0.15) is 43.4 Å². The van der Waals surface area contributed by atoms with Crippen LogP contribution < -0.4 is 15.5 Å². The molecule has 4 N–H and O–H groups in total. The summed E-state index contributed by atoms with van der Waals surface area (Å²) in [4.78, 5) is 15.4. The largest absolute Gasteiger partial charge is 0.494 e. The summed E-state index contributed by atoms with van der Waals surface area (Å²) in [6.45, 7) is 1.24. The Kier molecular flexibility index (Phi) is 10.5. The second-order valence-electron chi connectivity index (χ2n) is 8.20. The molecule has 1 amide bonds. The highest BCUT2D eigenvalue weighted by molar-refractivity contribution is 5.74. The van der Waals surface area contributed by atoms with Crippen LogP contribution in [0, 0.1) is 0 Å². The number of hydrogen-bond donors (Lipinski definition) is 4. The number of aromatic nitrogens is 1. The van der Waals surface area contributed by atoms with Crippen molar-refractivity contribution in [2.24, 2.45) is 0 Å². The molecule has 0 spiro atoms. The molecule has 0 aliphatic rings. The van der Waals surface area contributed by atoms with Crippen LogP contribution in [0.15, 0.2) is 72.9 Å². The molecule has 1 atom stereocenters. The molecule has 1 unspecified atom stereocenters. The number of rotatable bonds is 14. The van der Waals surface area contributed by atoms with Gasteiger partial charge in [0.1, 0.15) is 12.0 Å². The number of amides is 1. The van der Waals surface area contributed by atoms with Crippen LogP contribution in [0.2, 0.25) is 0 Å². The first-order valence-electron chi connectivity index (χ1n) is 11.7. The normalized spacial score (nSPS) is 11.7. The minimum atomic E-state index is -0.657. The molecule has 0 radical (unpaired) electrons. The highest BCUT2D eigenvalue weighted by Crippen LogP contribution is 2.22. The van der Waals surface area contributed by atoms with E-state index in [9.17, 15) is 9.90 Å². The fraction of sp³-hybridized carbons (Fsp3) is 0.333. The van der Waals surface area contributed by atoms with Crippen LogP contribution in [0.5, 0.6) is 5.75 Å². The van der Waals surface area contributed by atoms with Gasteiger partial charge in [0, 0.05) is 36.8 Å². The highest BCUT2D eigenvalue weighted by atomic mass is 16.5. The summed E-state index contributed by atoms with van der Waals surface area (Å²) >= 11 is 0. The number of aliphatic hydroxyl groups excluding tert-OH is 1. The fourth-order valence-electron chi connectivity index (χ4n) is 3.55. The van der Waals surface area contributed by atoms with Crippen LogP contribution >= 0.6 is 0 Å². The lowest BCUT2D eigenvalue weighted by Crippen LogP contribution is -2.30. The van der Waals surface area contributed by atoms with Gasteiger partial charge in [-0.3, -0.25) is 20.3 Å². The number of carbonyl (C=O) groups excluding carboxylic acids is 1. The number of nitrogens with one attached hydrogen (secondary N) is 2. The molecule has 7 heteroatoms. The van der Waals surface area contributed by atoms with E-state index >= 15 is 0 Å². The summed E-state index contributed by atoms with van der Waals surface area (Å²) in [5.74, 6) is 0.482. The van der Waals surface area contributed by atoms with E-state index in [1.165, 1.54) is 0 Å². The van der Waals surface area contributed by atoms with E-state index in [2.05, 4.69) is 10.3 Å². The number of hydroxylamine groups is 1. The molecule has 3 aromatic rings. The number of pyridine rings is 1. The lowest BCUT2D eigenvalue weighted by molar-refractivity contribution is -0.129. The van der Waals surface area contributed by atoms with Gasteiger partial charge in [0.05, 0.1) is 6.61 Å². The van der Waals surface area contributed by atoms with E-state index < -0.39 is 6.23 Å². The van der Waals surface area contributed by atoms with Crippen molar-refractivity contribution < 1.29 is 19.8 Å². The van der Waals surface area contributed by atoms with Gasteiger partial charge < -0.3 is 9.84 Å². The van der Waals surface area contributed by atoms with E-state index in [1.54, 1.807) is 5.48 Å². The molecule has 0 fully saturated rings. The molecule has 0 aliphatic carbocycles. The second kappa shape index (κ2) is 14.1. The minimum absolute atomic E-state index is 0.338. The van der Waals surface area contributed by atoms with Crippen molar-refractivity contribution in [2.45, 2.75) is 51.3 Å². The predicted molar refractivity (Wildman–Crippen MR) is 131 cm³/mol. The van der Waals surface area contributed by atoms with Gasteiger partial charge in [-0.25, -0.2) is 5.48 Å².